The molecule has 262 valence electrons. The third kappa shape index (κ3) is 9.50. The van der Waals surface area contributed by atoms with E-state index in [1.807, 2.05) is 36.5 Å². The Bertz CT molecular complexity index is 1790. The van der Waals surface area contributed by atoms with Crippen molar-refractivity contribution in [2.45, 2.75) is 96.4 Å². The van der Waals surface area contributed by atoms with Crippen LogP contribution in [0.3, 0.4) is 0 Å². The Balaban J connectivity index is 1.56. The van der Waals surface area contributed by atoms with E-state index in [2.05, 4.69) is 78.8 Å². The van der Waals surface area contributed by atoms with Gasteiger partial charge in [-0.3, -0.25) is 9.35 Å². The van der Waals surface area contributed by atoms with E-state index in [4.69, 9.17) is 23.0 Å². The number of aliphatic imine (C=N–C) groups is 1. The number of allylic oxidation sites excluding steroid dienone is 6. The van der Waals surface area contributed by atoms with E-state index in [9.17, 15) is 17.8 Å². The highest BCUT2D eigenvalue weighted by atomic mass is 35.5. The molecule has 4 rings (SSSR count). The van der Waals surface area contributed by atoms with Crippen LogP contribution in [0.1, 0.15) is 90.2 Å². The summed E-state index contributed by atoms with van der Waals surface area (Å²) in [6.07, 6.45) is 23.3. The highest BCUT2D eigenvalue weighted by Gasteiger charge is 2.43. The van der Waals surface area contributed by atoms with E-state index in [-0.39, 0.29) is 29.0 Å². The number of fused-ring (bicyclic) bond motifs is 2. The number of carbonyl (C=O) groups is 1. The van der Waals surface area contributed by atoms with Gasteiger partial charge in [-0.25, -0.2) is 4.57 Å². The summed E-state index contributed by atoms with van der Waals surface area (Å²) < 4.78 is 34.3. The van der Waals surface area contributed by atoms with Crippen molar-refractivity contribution >= 4 is 44.8 Å². The van der Waals surface area contributed by atoms with Gasteiger partial charge in [0.25, 0.3) is 10.1 Å². The summed E-state index contributed by atoms with van der Waals surface area (Å²) in [5.74, 6) is 3.11. The van der Waals surface area contributed by atoms with Crippen LogP contribution < -0.4 is 14.8 Å². The number of nitrogens with zero attached hydrogens (tertiary/aromatic N) is 3. The number of anilines is 1. The van der Waals surface area contributed by atoms with Crippen molar-refractivity contribution in [2.75, 3.05) is 23.7 Å². The maximum Gasteiger partial charge on any atom is 0.327 e. The van der Waals surface area contributed by atoms with Gasteiger partial charge in [-0.05, 0) is 87.7 Å². The first-order chi connectivity index (χ1) is 23.3. The zero-order valence-electron chi connectivity index (χ0n) is 29.2. The van der Waals surface area contributed by atoms with Crippen molar-refractivity contribution < 1.29 is 22.3 Å². The molecule has 0 radical (unpaired) electrons. The fraction of sp³-hybridized carbons (Fsp3) is 0.462. The van der Waals surface area contributed by atoms with Crippen LogP contribution in [0.2, 0.25) is 5.02 Å². The van der Waals surface area contributed by atoms with Crippen molar-refractivity contribution in [3.05, 3.63) is 88.8 Å². The molecule has 2 aliphatic heterocycles. The number of rotatable bonds is 17. The summed E-state index contributed by atoms with van der Waals surface area (Å²) in [7, 11) is -4.01. The molecular formula is C39H50ClN4O4S+. The number of aromatic nitrogens is 1. The fourth-order valence-electron chi connectivity index (χ4n) is 6.85. The molecule has 1 atom stereocenters. The molecule has 2 aliphatic rings. The SMILES string of the molecule is C#CCNC(=O)CCCCCN1/C(=C/C=C/C=C/C2=Nc3c(cc(Cl)c[n+]3CCC)C2(C)C)C(C)(CCCCS(=O)(=O)O)c2ccccc21. The first kappa shape index (κ1) is 38.1. The molecule has 2 N–H and O–H groups in total. The minimum Gasteiger partial charge on any atom is -0.345 e. The van der Waals surface area contributed by atoms with Gasteiger partial charge in [0, 0.05) is 29.8 Å². The average molecular weight is 706 g/mol. The number of hydrogen-bond acceptors (Lipinski definition) is 5. The van der Waals surface area contributed by atoms with Crippen molar-refractivity contribution in [1.29, 1.82) is 0 Å². The van der Waals surface area contributed by atoms with Crippen LogP contribution in [-0.2, 0) is 32.3 Å². The lowest BCUT2D eigenvalue weighted by atomic mass is 9.77. The highest BCUT2D eigenvalue weighted by Crippen LogP contribution is 2.50. The second-order valence-corrected chi connectivity index (χ2v) is 15.6. The van der Waals surface area contributed by atoms with Gasteiger partial charge in [0.1, 0.15) is 6.20 Å². The van der Waals surface area contributed by atoms with E-state index < -0.39 is 10.1 Å². The van der Waals surface area contributed by atoms with Gasteiger partial charge in [0.15, 0.2) is 5.71 Å². The monoisotopic (exact) mass is 705 g/mol. The Morgan fingerprint density at radius 3 is 2.61 bits per heavy atom. The molecule has 0 spiro atoms. The number of aryl methyl sites for hydroxylation is 1. The molecular weight excluding hydrogens is 656 g/mol. The van der Waals surface area contributed by atoms with Gasteiger partial charge in [0.05, 0.1) is 34.8 Å². The third-order valence-electron chi connectivity index (χ3n) is 9.46. The Morgan fingerprint density at radius 2 is 1.88 bits per heavy atom. The van der Waals surface area contributed by atoms with Crippen molar-refractivity contribution in [3.63, 3.8) is 0 Å². The minimum atomic E-state index is -4.01. The smallest absolute Gasteiger partial charge is 0.327 e. The normalized spacial score (nSPS) is 19.0. The van der Waals surface area contributed by atoms with Crippen molar-refractivity contribution in [3.8, 4) is 12.3 Å². The number of benzene rings is 1. The number of carbonyl (C=O) groups excluding carboxylic acids is 1. The molecule has 0 saturated carbocycles. The summed E-state index contributed by atoms with van der Waals surface area (Å²) in [5, 5.41) is 3.43. The van der Waals surface area contributed by atoms with Crippen molar-refractivity contribution in [1.82, 2.24) is 5.32 Å². The highest BCUT2D eigenvalue weighted by molar-refractivity contribution is 7.85. The Hall–Kier alpha value is -3.71. The lowest BCUT2D eigenvalue weighted by molar-refractivity contribution is -0.684. The third-order valence-corrected chi connectivity index (χ3v) is 10.5. The summed E-state index contributed by atoms with van der Waals surface area (Å²) >= 11 is 6.48. The molecule has 0 aliphatic carbocycles. The fourth-order valence-corrected chi connectivity index (χ4v) is 7.64. The van der Waals surface area contributed by atoms with E-state index in [0.717, 1.165) is 73.7 Å². The van der Waals surface area contributed by atoms with Gasteiger partial charge in [-0.1, -0.05) is 73.7 Å². The summed E-state index contributed by atoms with van der Waals surface area (Å²) in [6, 6.07) is 10.4. The maximum atomic E-state index is 12.0. The van der Waals surface area contributed by atoms with E-state index >= 15 is 0 Å². The topological polar surface area (TPSA) is 103 Å². The van der Waals surface area contributed by atoms with Gasteiger partial charge < -0.3 is 10.2 Å². The molecule has 1 aromatic heterocycles. The van der Waals surface area contributed by atoms with E-state index in [0.29, 0.717) is 24.3 Å². The van der Waals surface area contributed by atoms with E-state index in [1.54, 1.807) is 0 Å². The molecule has 3 heterocycles. The van der Waals surface area contributed by atoms with Crippen LogP contribution >= 0.6 is 11.6 Å². The maximum absolute atomic E-state index is 12.0. The number of pyridine rings is 1. The zero-order chi connectivity index (χ0) is 35.7. The van der Waals surface area contributed by atoms with Crippen molar-refractivity contribution in [2.24, 2.45) is 4.99 Å². The van der Waals surface area contributed by atoms with Crippen LogP contribution in [0.15, 0.2) is 77.6 Å². The van der Waals surface area contributed by atoms with Crippen LogP contribution in [0.25, 0.3) is 0 Å². The zero-order valence-corrected chi connectivity index (χ0v) is 30.8. The number of nitrogens with one attached hydrogen (secondary N) is 1. The van der Waals surface area contributed by atoms with Gasteiger partial charge in [-0.2, -0.15) is 8.42 Å². The minimum absolute atomic E-state index is 0.0273. The molecule has 1 aromatic carbocycles. The predicted octanol–water partition coefficient (Wildman–Crippen LogP) is 7.54. The number of para-hydroxylation sites is 1. The molecule has 0 fully saturated rings. The number of halogens is 1. The predicted molar refractivity (Wildman–Crippen MR) is 200 cm³/mol. The van der Waals surface area contributed by atoms with Crippen LogP contribution in [0.4, 0.5) is 11.5 Å². The lowest BCUT2D eigenvalue weighted by Gasteiger charge is -2.30. The number of amides is 1. The van der Waals surface area contributed by atoms with Gasteiger partial charge in [0.2, 0.25) is 5.91 Å². The number of terminal acetylenes is 1. The molecule has 0 saturated heterocycles. The summed E-state index contributed by atoms with van der Waals surface area (Å²) in [5.41, 5.74) is 4.92. The average Bonchev–Trinajstić information content (AvgIpc) is 3.44. The Labute approximate surface area is 297 Å². The number of unbranched alkanes of at least 4 members (excludes halogenated alkanes) is 3. The second kappa shape index (κ2) is 16.8. The van der Waals surface area contributed by atoms with Crippen LogP contribution in [-0.4, -0.2) is 43.4 Å². The quantitative estimate of drug-likeness (QED) is 0.0582. The molecule has 1 amide bonds. The molecule has 0 bridgehead atoms. The standard InChI is InChI=1S/C39H49ClN4O4S/c1-6-24-41-36(45)22-12-9-16-26-44-33-19-14-13-18-31(33)39(5,23-15-17-27-49(46,47)48)35(44)21-11-8-10-20-34-38(3,4)32-28-30(40)29-43(25-7-2)37(32)42-34/h1,8,10-11,13-14,18-21,28-29H,7,9,12,15-17,22-27H2,2-5H3,(H-,41,45,46,47,48)/p+1. The molecule has 1 unspecified atom stereocenters. The first-order valence-corrected chi connectivity index (χ1v) is 19.2. The van der Waals surface area contributed by atoms with Gasteiger partial charge >= 0.3 is 5.82 Å². The summed E-state index contributed by atoms with van der Waals surface area (Å²) in [4.78, 5) is 19.4. The largest absolute Gasteiger partial charge is 0.345 e. The second-order valence-electron chi connectivity index (χ2n) is 13.5. The van der Waals surface area contributed by atoms with Crippen LogP contribution in [0.5, 0.6) is 0 Å². The molecule has 49 heavy (non-hydrogen) atoms. The Morgan fingerprint density at radius 1 is 1.10 bits per heavy atom. The summed E-state index contributed by atoms with van der Waals surface area (Å²) in [6.45, 7) is 10.6. The number of hydrogen-bond donors (Lipinski definition) is 2. The Kier molecular flexibility index (Phi) is 13.1. The van der Waals surface area contributed by atoms with Gasteiger partial charge in [-0.15, -0.1) is 6.42 Å². The van der Waals surface area contributed by atoms with Crippen LogP contribution in [0, 0.1) is 12.3 Å². The molecule has 10 heteroatoms. The molecule has 8 nitrogen and oxygen atoms in total. The lowest BCUT2D eigenvalue weighted by Crippen LogP contribution is -2.35. The first-order valence-electron chi connectivity index (χ1n) is 17.2. The van der Waals surface area contributed by atoms with E-state index in [1.165, 1.54) is 5.56 Å². The molecule has 2 aromatic rings.